The van der Waals surface area contributed by atoms with Crippen molar-refractivity contribution in [2.24, 2.45) is 9.98 Å². The van der Waals surface area contributed by atoms with Crippen LogP contribution in [0.5, 0.6) is 0 Å². The summed E-state index contributed by atoms with van der Waals surface area (Å²) < 4.78 is 0. The number of anilines is 1. The number of pyridine rings is 1. The summed E-state index contributed by atoms with van der Waals surface area (Å²) in [5.41, 5.74) is 0.924. The molecule has 0 spiro atoms. The van der Waals surface area contributed by atoms with Crippen molar-refractivity contribution in [3.63, 3.8) is 0 Å². The zero-order valence-corrected chi connectivity index (χ0v) is 11.3. The third kappa shape index (κ3) is 3.61. The lowest BCUT2D eigenvalue weighted by molar-refractivity contribution is 0.969. The van der Waals surface area contributed by atoms with Crippen molar-refractivity contribution < 1.29 is 0 Å². The molecule has 0 aromatic carbocycles. The Morgan fingerprint density at radius 3 is 2.84 bits per heavy atom. The topological polar surface area (TPSA) is 49.6 Å². The maximum atomic E-state index is 4.43. The van der Waals surface area contributed by atoms with Crippen LogP contribution in [0.4, 0.5) is 5.69 Å². The molecule has 1 N–H and O–H groups in total. The number of amidine groups is 1. The molecule has 0 fully saturated rings. The van der Waals surface area contributed by atoms with Gasteiger partial charge in [0.1, 0.15) is 5.84 Å². The van der Waals surface area contributed by atoms with Gasteiger partial charge in [0.2, 0.25) is 0 Å². The molecular weight excluding hydrogens is 236 g/mol. The highest BCUT2D eigenvalue weighted by atomic mass is 15.0. The number of aromatic nitrogens is 1. The lowest BCUT2D eigenvalue weighted by Crippen LogP contribution is -2.29. The van der Waals surface area contributed by atoms with E-state index in [0.717, 1.165) is 35.2 Å². The molecule has 1 aromatic heterocycles. The molecule has 0 aliphatic carbocycles. The van der Waals surface area contributed by atoms with Crippen LogP contribution in [-0.4, -0.2) is 30.1 Å². The van der Waals surface area contributed by atoms with E-state index in [1.165, 1.54) is 0 Å². The van der Waals surface area contributed by atoms with Gasteiger partial charge in [-0.3, -0.25) is 15.0 Å². The molecule has 0 saturated heterocycles. The van der Waals surface area contributed by atoms with Crippen molar-refractivity contribution in [3.05, 3.63) is 35.0 Å². The molecule has 4 nitrogen and oxygen atoms in total. The molecule has 2 heterocycles. The van der Waals surface area contributed by atoms with Crippen LogP contribution in [0.2, 0.25) is 0 Å². The first kappa shape index (κ1) is 13.2. The summed E-state index contributed by atoms with van der Waals surface area (Å²) >= 11 is 0. The first-order chi connectivity index (χ1) is 9.33. The Hall–Kier alpha value is -2.23. The number of hydrogen-bond donors (Lipinski definition) is 1. The van der Waals surface area contributed by atoms with E-state index < -0.39 is 0 Å². The van der Waals surface area contributed by atoms with Crippen molar-refractivity contribution >= 4 is 29.9 Å². The van der Waals surface area contributed by atoms with Gasteiger partial charge in [-0.15, -0.1) is 0 Å². The third-order valence-corrected chi connectivity index (χ3v) is 2.69. The SMILES string of the molecule is C\C=C/C=c1/cc(NC2=NCCN=C2)cn/c1=C/C. The second-order valence-corrected chi connectivity index (χ2v) is 4.11. The van der Waals surface area contributed by atoms with E-state index in [1.807, 2.05) is 44.3 Å². The minimum atomic E-state index is 0.741. The Bertz CT molecular complexity index is 639. The molecular formula is C15H18N4. The largest absolute Gasteiger partial charge is 0.338 e. The predicted octanol–water partition coefficient (Wildman–Crippen LogP) is 1.13. The minimum Gasteiger partial charge on any atom is -0.338 e. The first-order valence-corrected chi connectivity index (χ1v) is 6.40. The number of rotatable bonds is 2. The molecule has 19 heavy (non-hydrogen) atoms. The number of aliphatic imine (C=N–C) groups is 2. The van der Waals surface area contributed by atoms with E-state index in [2.05, 4.69) is 26.4 Å². The van der Waals surface area contributed by atoms with Gasteiger partial charge in [0.25, 0.3) is 0 Å². The van der Waals surface area contributed by atoms with Gasteiger partial charge < -0.3 is 5.32 Å². The normalized spacial score (nSPS) is 17.1. The third-order valence-electron chi connectivity index (χ3n) is 2.69. The van der Waals surface area contributed by atoms with Gasteiger partial charge in [0.05, 0.1) is 36.5 Å². The van der Waals surface area contributed by atoms with Crippen LogP contribution in [0.15, 0.2) is 34.4 Å². The Balaban J connectivity index is 2.33. The lowest BCUT2D eigenvalue weighted by Gasteiger charge is -2.08. The Kier molecular flexibility index (Phi) is 4.61. The predicted molar refractivity (Wildman–Crippen MR) is 82.2 cm³/mol. The molecule has 0 saturated carbocycles. The summed E-state index contributed by atoms with van der Waals surface area (Å²) in [6.45, 7) is 5.49. The number of nitrogens with zero attached hydrogens (tertiary/aromatic N) is 3. The summed E-state index contributed by atoms with van der Waals surface area (Å²) in [6.07, 6.45) is 11.6. The highest BCUT2D eigenvalue weighted by molar-refractivity contribution is 6.35. The van der Waals surface area contributed by atoms with Crippen molar-refractivity contribution in [1.29, 1.82) is 0 Å². The molecule has 0 amide bonds. The molecule has 98 valence electrons. The fourth-order valence-corrected chi connectivity index (χ4v) is 1.78. The molecule has 0 unspecified atom stereocenters. The molecule has 1 aliphatic heterocycles. The molecule has 1 aromatic rings. The average molecular weight is 254 g/mol. The molecule has 0 radical (unpaired) electrons. The fraction of sp³-hybridized carbons (Fsp3) is 0.267. The summed E-state index contributed by atoms with van der Waals surface area (Å²) in [5, 5.41) is 5.29. The zero-order valence-electron chi connectivity index (χ0n) is 11.3. The van der Waals surface area contributed by atoms with E-state index in [-0.39, 0.29) is 0 Å². The van der Waals surface area contributed by atoms with Crippen LogP contribution in [0.25, 0.3) is 12.2 Å². The van der Waals surface area contributed by atoms with E-state index in [1.54, 1.807) is 6.21 Å². The number of hydrogen-bond acceptors (Lipinski definition) is 4. The maximum Gasteiger partial charge on any atom is 0.143 e. The van der Waals surface area contributed by atoms with Gasteiger partial charge in [-0.25, -0.2) is 0 Å². The van der Waals surface area contributed by atoms with E-state index in [9.17, 15) is 0 Å². The zero-order chi connectivity index (χ0) is 13.5. The van der Waals surface area contributed by atoms with Crippen LogP contribution < -0.4 is 15.9 Å². The van der Waals surface area contributed by atoms with E-state index in [4.69, 9.17) is 0 Å². The van der Waals surface area contributed by atoms with Gasteiger partial charge in [-0.05, 0) is 19.9 Å². The number of allylic oxidation sites excluding steroid dienone is 2. The van der Waals surface area contributed by atoms with Gasteiger partial charge in [-0.1, -0.05) is 24.3 Å². The highest BCUT2D eigenvalue weighted by Gasteiger charge is 2.00. The van der Waals surface area contributed by atoms with Gasteiger partial charge >= 0.3 is 0 Å². The van der Waals surface area contributed by atoms with Crippen LogP contribution in [0, 0.1) is 0 Å². The second kappa shape index (κ2) is 6.64. The van der Waals surface area contributed by atoms with Crippen molar-refractivity contribution in [2.45, 2.75) is 13.8 Å². The quantitative estimate of drug-likeness (QED) is 0.860. The van der Waals surface area contributed by atoms with Gasteiger partial charge in [0, 0.05) is 5.22 Å². The highest BCUT2D eigenvalue weighted by Crippen LogP contribution is 1.99. The van der Waals surface area contributed by atoms with Gasteiger partial charge in [0.15, 0.2) is 0 Å². The Morgan fingerprint density at radius 2 is 2.16 bits per heavy atom. The monoisotopic (exact) mass is 254 g/mol. The van der Waals surface area contributed by atoms with Gasteiger partial charge in [-0.2, -0.15) is 0 Å². The summed E-state index contributed by atoms with van der Waals surface area (Å²) in [4.78, 5) is 13.0. The average Bonchev–Trinajstić information content (AvgIpc) is 2.46. The summed E-state index contributed by atoms with van der Waals surface area (Å²) in [5.74, 6) is 0.790. The Labute approximate surface area is 113 Å². The molecule has 0 bridgehead atoms. The second-order valence-electron chi connectivity index (χ2n) is 4.11. The smallest absolute Gasteiger partial charge is 0.143 e. The maximum absolute atomic E-state index is 4.43. The van der Waals surface area contributed by atoms with Crippen LogP contribution >= 0.6 is 0 Å². The minimum absolute atomic E-state index is 0.741. The first-order valence-electron chi connectivity index (χ1n) is 6.40. The number of nitrogens with one attached hydrogen (secondary N) is 1. The van der Waals surface area contributed by atoms with Crippen LogP contribution in [-0.2, 0) is 0 Å². The van der Waals surface area contributed by atoms with E-state index in [0.29, 0.717) is 0 Å². The summed E-state index contributed by atoms with van der Waals surface area (Å²) in [7, 11) is 0. The lowest BCUT2D eigenvalue weighted by atomic mass is 10.2. The van der Waals surface area contributed by atoms with E-state index >= 15 is 0 Å². The molecule has 1 aliphatic rings. The Morgan fingerprint density at radius 1 is 1.26 bits per heavy atom. The molecule has 2 rings (SSSR count). The van der Waals surface area contributed by atoms with Crippen molar-refractivity contribution in [2.75, 3.05) is 18.4 Å². The van der Waals surface area contributed by atoms with Crippen molar-refractivity contribution in [3.8, 4) is 0 Å². The van der Waals surface area contributed by atoms with Crippen molar-refractivity contribution in [1.82, 2.24) is 4.98 Å². The van der Waals surface area contributed by atoms with Crippen LogP contribution in [0.3, 0.4) is 0 Å². The summed E-state index contributed by atoms with van der Waals surface area (Å²) in [6, 6.07) is 2.06. The fourth-order valence-electron chi connectivity index (χ4n) is 1.78. The van der Waals surface area contributed by atoms with Crippen LogP contribution in [0.1, 0.15) is 13.8 Å². The molecule has 4 heteroatoms. The standard InChI is InChI=1S/C15H18N4/c1-3-5-6-12-9-13(10-18-14(12)4-2)19-15-11-16-7-8-17-15/h3-6,9-11H,7-8H2,1-2H3,(H,17,19)/b5-3-,12-6-,14-4+. The molecule has 0 atom stereocenters.